The lowest BCUT2D eigenvalue weighted by molar-refractivity contribution is 0.0822. The summed E-state index contributed by atoms with van der Waals surface area (Å²) in [6, 6.07) is 83.0. The van der Waals surface area contributed by atoms with E-state index in [9.17, 15) is 0 Å². The van der Waals surface area contributed by atoms with Gasteiger partial charge in [-0.3, -0.25) is 0 Å². The quantitative estimate of drug-likeness (QED) is 0.0506. The van der Waals surface area contributed by atoms with E-state index in [0.29, 0.717) is 79.3 Å². The summed E-state index contributed by atoms with van der Waals surface area (Å²) in [7, 11) is 0. The standard InChI is InChI=1S/2C30H34O4.2C29H32O4/c2*1-4-16-31-24-11-12-25(28(18-24)32-19-21-8-6-5-7-9-21)23-17-22-10-13-27-26(29(22)33-20-23)14-15-30(2,3)34-27;2*1-4-30-23-11-12-24(27(17-23)31-18-20-8-6-5-7-9-20)22-16-21-10-13-26-25(28(21)32-19-22)14-15-29(2,3)33-26/h2*5-13,18,23H,4,14-17,19-20H2,1-3H3;2*5-13,17,22H,4,14-16,18-19H2,1-3H3/t2*23-;2*22-/m1010/s1. The number of benzene rings is 12. The van der Waals surface area contributed by atoms with Crippen LogP contribution >= 0.6 is 0 Å². The molecule has 0 amide bonds. The Morgan fingerprint density at radius 3 is 0.716 bits per heavy atom. The van der Waals surface area contributed by atoms with Crippen molar-refractivity contribution in [1.82, 2.24) is 0 Å². The molecule has 134 heavy (non-hydrogen) atoms. The third-order valence-electron chi connectivity index (χ3n) is 26.4. The van der Waals surface area contributed by atoms with Crippen LogP contribution in [0.2, 0.25) is 0 Å². The Labute approximate surface area is 793 Å². The van der Waals surface area contributed by atoms with Crippen LogP contribution in [0.15, 0.2) is 243 Å². The fraction of sp³-hybridized carbons (Fsp3) is 0.390. The van der Waals surface area contributed by atoms with E-state index in [2.05, 4.69) is 203 Å². The zero-order valence-electron chi connectivity index (χ0n) is 80.3. The summed E-state index contributed by atoms with van der Waals surface area (Å²) in [5, 5.41) is 0. The van der Waals surface area contributed by atoms with Crippen LogP contribution < -0.4 is 75.8 Å². The minimum atomic E-state index is -0.120. The van der Waals surface area contributed by atoms with Gasteiger partial charge in [-0.05, 0) is 252 Å². The molecule has 0 unspecified atom stereocenters. The van der Waals surface area contributed by atoms with Gasteiger partial charge in [-0.15, -0.1) is 0 Å². The number of hydrogen-bond acceptors (Lipinski definition) is 16. The fourth-order valence-corrected chi connectivity index (χ4v) is 19.2. The predicted octanol–water partition coefficient (Wildman–Crippen LogP) is 26.7. The summed E-state index contributed by atoms with van der Waals surface area (Å²) in [5.74, 6) is 15.7. The maximum atomic E-state index is 6.40. The van der Waals surface area contributed by atoms with Gasteiger partial charge in [0.15, 0.2) is 0 Å². The van der Waals surface area contributed by atoms with Crippen molar-refractivity contribution in [2.75, 3.05) is 52.9 Å². The van der Waals surface area contributed by atoms with E-state index in [1.807, 2.05) is 123 Å². The summed E-state index contributed by atoms with van der Waals surface area (Å²) < 4.78 is 99.1. The van der Waals surface area contributed by atoms with Gasteiger partial charge in [0.2, 0.25) is 0 Å². The van der Waals surface area contributed by atoms with E-state index in [-0.39, 0.29) is 46.1 Å². The molecule has 12 aromatic rings. The van der Waals surface area contributed by atoms with Crippen molar-refractivity contribution in [2.45, 2.75) is 245 Å². The molecule has 0 spiro atoms. The van der Waals surface area contributed by atoms with Gasteiger partial charge in [-0.25, -0.2) is 0 Å². The Hall–Kier alpha value is -12.6. The zero-order chi connectivity index (χ0) is 92.8. The number of ether oxygens (including phenoxy) is 16. The van der Waals surface area contributed by atoms with Gasteiger partial charge < -0.3 is 75.8 Å². The molecule has 700 valence electrons. The molecule has 0 bridgehead atoms. The van der Waals surface area contributed by atoms with Crippen molar-refractivity contribution in [3.8, 4) is 92.0 Å². The predicted molar refractivity (Wildman–Crippen MR) is 528 cm³/mol. The topological polar surface area (TPSA) is 148 Å². The van der Waals surface area contributed by atoms with Gasteiger partial charge in [-0.2, -0.15) is 0 Å². The van der Waals surface area contributed by atoms with Crippen LogP contribution in [-0.2, 0) is 77.8 Å². The van der Waals surface area contributed by atoms with Crippen molar-refractivity contribution in [2.24, 2.45) is 0 Å². The highest BCUT2D eigenvalue weighted by Gasteiger charge is 2.39. The highest BCUT2D eigenvalue weighted by atomic mass is 16.5. The molecule has 8 heterocycles. The van der Waals surface area contributed by atoms with E-state index in [1.165, 1.54) is 55.6 Å². The van der Waals surface area contributed by atoms with Gasteiger partial charge in [0.05, 0.1) is 52.9 Å². The highest BCUT2D eigenvalue weighted by Crippen LogP contribution is 2.52. The fourth-order valence-electron chi connectivity index (χ4n) is 19.2. The second-order valence-corrected chi connectivity index (χ2v) is 38.9. The molecule has 4 atom stereocenters. The Kier molecular flexibility index (Phi) is 29.5. The van der Waals surface area contributed by atoms with Crippen molar-refractivity contribution < 1.29 is 75.8 Å². The van der Waals surface area contributed by atoms with Crippen molar-refractivity contribution in [3.63, 3.8) is 0 Å². The number of hydrogen-bond donors (Lipinski definition) is 0. The van der Waals surface area contributed by atoms with Gasteiger partial charge in [0, 0.05) is 92.4 Å². The Morgan fingerprint density at radius 1 is 0.261 bits per heavy atom. The molecule has 8 aliphatic rings. The number of fused-ring (bicyclic) bond motifs is 12. The molecule has 20 rings (SSSR count). The van der Waals surface area contributed by atoms with Crippen LogP contribution in [0.3, 0.4) is 0 Å². The minimum Gasteiger partial charge on any atom is -0.494 e. The van der Waals surface area contributed by atoms with E-state index >= 15 is 0 Å². The van der Waals surface area contributed by atoms with Crippen molar-refractivity contribution in [1.29, 1.82) is 0 Å². The van der Waals surface area contributed by atoms with Crippen LogP contribution in [0.25, 0.3) is 0 Å². The van der Waals surface area contributed by atoms with Crippen LogP contribution in [0.5, 0.6) is 92.0 Å². The smallest absolute Gasteiger partial charge is 0.129 e. The van der Waals surface area contributed by atoms with Crippen LogP contribution in [-0.4, -0.2) is 75.3 Å². The molecule has 0 radical (unpaired) electrons. The minimum absolute atomic E-state index is 0.119. The molecule has 0 aliphatic carbocycles. The SMILES string of the molecule is CCCOc1ccc([C@@H]2COc3c(ccc4c3CCC(C)(C)O4)C2)c(OCc2ccccc2)c1.CCCOc1ccc([C@H]2COc3c(ccc4c3CCC(C)(C)O4)C2)c(OCc2ccccc2)c1.CCOc1ccc([C@@H]2COc3c(ccc4c3CCC(C)(C)O4)C2)c(OCc2ccccc2)c1.CCOc1ccc([C@H]2COc3c(ccc4c3CCC(C)(C)O4)C2)c(OCc2ccccc2)c1. The van der Waals surface area contributed by atoms with Crippen LogP contribution in [0.4, 0.5) is 0 Å². The van der Waals surface area contributed by atoms with E-state index < -0.39 is 0 Å². The summed E-state index contributed by atoms with van der Waals surface area (Å²) in [4.78, 5) is 0. The molecule has 0 saturated carbocycles. The maximum absolute atomic E-state index is 6.40. The maximum Gasteiger partial charge on any atom is 0.129 e. The molecule has 16 heteroatoms. The molecule has 0 N–H and O–H groups in total. The van der Waals surface area contributed by atoms with Gasteiger partial charge in [0.25, 0.3) is 0 Å². The Balaban J connectivity index is 0.000000124. The lowest BCUT2D eigenvalue weighted by Crippen LogP contribution is -2.33. The Morgan fingerprint density at radius 2 is 0.493 bits per heavy atom. The summed E-state index contributed by atoms with van der Waals surface area (Å²) in [6.45, 7) is 32.7. The second kappa shape index (κ2) is 42.3. The lowest BCUT2D eigenvalue weighted by Gasteiger charge is -2.36. The molecule has 8 aliphatic heterocycles. The molecule has 0 saturated heterocycles. The average molecular weight is 1810 g/mol. The van der Waals surface area contributed by atoms with Crippen molar-refractivity contribution in [3.05, 3.63) is 332 Å². The molecular formula is C118H132O16. The lowest BCUT2D eigenvalue weighted by atomic mass is 9.86. The first kappa shape index (κ1) is 93.3. The van der Waals surface area contributed by atoms with Crippen LogP contribution in [0, 0.1) is 0 Å². The molecule has 0 aromatic heterocycles. The first-order valence-corrected chi connectivity index (χ1v) is 48.7. The summed E-state index contributed by atoms with van der Waals surface area (Å²) in [6.07, 6.45) is 13.6. The molecular weight excluding hydrogens is 1670 g/mol. The summed E-state index contributed by atoms with van der Waals surface area (Å²) >= 11 is 0. The van der Waals surface area contributed by atoms with Gasteiger partial charge in [-0.1, -0.05) is 184 Å². The molecule has 12 aromatic carbocycles. The zero-order valence-corrected chi connectivity index (χ0v) is 80.3. The van der Waals surface area contributed by atoms with Gasteiger partial charge >= 0.3 is 0 Å². The van der Waals surface area contributed by atoms with E-state index in [0.717, 1.165) is 215 Å². The monoisotopic (exact) mass is 1800 g/mol. The highest BCUT2D eigenvalue weighted by molar-refractivity contribution is 5.60. The Bertz CT molecular complexity index is 5600. The number of rotatable bonds is 26. The van der Waals surface area contributed by atoms with E-state index in [1.54, 1.807) is 0 Å². The van der Waals surface area contributed by atoms with Crippen molar-refractivity contribution >= 4 is 0 Å². The molecule has 16 nitrogen and oxygen atoms in total. The molecule has 0 fully saturated rings. The van der Waals surface area contributed by atoms with Gasteiger partial charge in [0.1, 0.15) is 141 Å². The van der Waals surface area contributed by atoms with E-state index in [4.69, 9.17) is 75.8 Å². The third kappa shape index (κ3) is 23.1. The average Bonchev–Trinajstić information content (AvgIpc) is 0.776. The normalized spacial score (nSPS) is 18.2. The summed E-state index contributed by atoms with van der Waals surface area (Å²) in [5.41, 5.74) is 18.6. The largest absolute Gasteiger partial charge is 0.494 e. The first-order valence-electron chi connectivity index (χ1n) is 48.7. The second-order valence-electron chi connectivity index (χ2n) is 38.9. The first-order chi connectivity index (χ1) is 65.1. The van der Waals surface area contributed by atoms with Crippen LogP contribution in [0.1, 0.15) is 234 Å². The third-order valence-corrected chi connectivity index (χ3v) is 26.4.